The third kappa shape index (κ3) is 9.49. The van der Waals surface area contributed by atoms with Gasteiger partial charge in [0.15, 0.2) is 0 Å². The van der Waals surface area contributed by atoms with Crippen LogP contribution in [0.15, 0.2) is 297 Å². The predicted molar refractivity (Wildman–Crippen MR) is 362 cm³/mol. The third-order valence-electron chi connectivity index (χ3n) is 18.0. The first-order valence-electron chi connectivity index (χ1n) is 30.2. The molecular weight excluding hydrogens is 1150 g/mol. The summed E-state index contributed by atoms with van der Waals surface area (Å²) in [6, 6.07) is 98.8. The Morgan fingerprint density at radius 1 is 0.304 bits per heavy atom. The minimum atomic E-state index is -4.81. The van der Waals surface area contributed by atoms with Crippen LogP contribution in [-0.4, -0.2) is 11.3 Å². The number of aromatic nitrogens is 1. The van der Waals surface area contributed by atoms with E-state index in [-0.39, 0.29) is 23.5 Å². The molecule has 3 heterocycles. The summed E-state index contributed by atoms with van der Waals surface area (Å²) in [6.07, 6.45) is -9.61. The summed E-state index contributed by atoms with van der Waals surface area (Å²) >= 11 is 0. The largest absolute Gasteiger partial charge is 0.416 e. The van der Waals surface area contributed by atoms with E-state index in [0.29, 0.717) is 17.1 Å². The van der Waals surface area contributed by atoms with E-state index in [1.807, 2.05) is 71.3 Å². The molecule has 2 aliphatic rings. The Morgan fingerprint density at radius 3 is 1.22 bits per heavy atom. The van der Waals surface area contributed by atoms with E-state index in [0.717, 1.165) is 141 Å². The van der Waals surface area contributed by atoms with Crippen LogP contribution in [0, 0.1) is 11.3 Å². The second-order valence-corrected chi connectivity index (χ2v) is 23.3. The molecule has 14 aromatic rings. The van der Waals surface area contributed by atoms with Crippen molar-refractivity contribution in [1.82, 2.24) is 4.57 Å². The first-order valence-corrected chi connectivity index (χ1v) is 30.2. The fourth-order valence-electron chi connectivity index (χ4n) is 13.9. The molecule has 13 aromatic carbocycles. The van der Waals surface area contributed by atoms with Gasteiger partial charge in [-0.3, -0.25) is 0 Å². The van der Waals surface area contributed by atoms with Gasteiger partial charge in [-0.1, -0.05) is 188 Å². The molecule has 0 atom stereocenters. The van der Waals surface area contributed by atoms with Gasteiger partial charge in [-0.25, -0.2) is 0 Å². The van der Waals surface area contributed by atoms with Crippen LogP contribution < -0.4 is 26.2 Å². The maximum absolute atomic E-state index is 14.8. The Hall–Kier alpha value is -11.6. The standard InChI is InChI=1S/C81H49BF6N4/c83-80(84,85)62-34-36-66(61(41-62)50-89)69-49-63(81(86,87)88)35-38-74(69)92-72-30-16-13-27-67(72)68-46-55(33-37-73(68)92)60-47-77-79-78(48-60)91(65-44-58(53-23-9-3-10-24-53)40-59(45-65)54-25-11-4-12-26-54)76-32-18-15-29-71(76)82(79)70-28-14-17-31-75(70)90(77)64-42-56(51-19-5-1-6-20-51)39-57(43-64)52-21-7-2-8-22-52/h1-49H. The van der Waals surface area contributed by atoms with Gasteiger partial charge in [-0.2, -0.15) is 31.6 Å². The lowest BCUT2D eigenvalue weighted by Crippen LogP contribution is -2.61. The van der Waals surface area contributed by atoms with E-state index < -0.39 is 29.0 Å². The van der Waals surface area contributed by atoms with E-state index in [1.54, 1.807) is 0 Å². The van der Waals surface area contributed by atoms with Crippen LogP contribution in [-0.2, 0) is 12.4 Å². The van der Waals surface area contributed by atoms with Crippen molar-refractivity contribution < 1.29 is 26.3 Å². The van der Waals surface area contributed by atoms with Crippen molar-refractivity contribution in [3.05, 3.63) is 314 Å². The zero-order valence-electron chi connectivity index (χ0n) is 48.9. The molecule has 0 saturated heterocycles. The molecule has 0 amide bonds. The Bertz CT molecular complexity index is 4980. The van der Waals surface area contributed by atoms with Crippen LogP contribution >= 0.6 is 0 Å². The minimum Gasteiger partial charge on any atom is -0.311 e. The molecular formula is C81H49BF6N4. The summed E-state index contributed by atoms with van der Waals surface area (Å²) < 4.78 is 88.6. The van der Waals surface area contributed by atoms with Gasteiger partial charge in [-0.05, 0) is 181 Å². The number of hydrogen-bond donors (Lipinski definition) is 0. The number of anilines is 6. The highest BCUT2D eigenvalue weighted by Crippen LogP contribution is 2.50. The molecule has 0 saturated carbocycles. The highest BCUT2D eigenvalue weighted by molar-refractivity contribution is 7.00. The number of nitriles is 1. The van der Waals surface area contributed by atoms with E-state index >= 15 is 0 Å². The lowest BCUT2D eigenvalue weighted by molar-refractivity contribution is -0.138. The summed E-state index contributed by atoms with van der Waals surface area (Å²) in [5, 5.41) is 11.9. The van der Waals surface area contributed by atoms with Gasteiger partial charge in [0.2, 0.25) is 0 Å². The number of nitrogens with zero attached hydrogens (tertiary/aromatic N) is 4. The van der Waals surface area contributed by atoms with Crippen LogP contribution in [0.2, 0.25) is 0 Å². The lowest BCUT2D eigenvalue weighted by atomic mass is 9.33. The summed E-state index contributed by atoms with van der Waals surface area (Å²) in [7, 11) is 0. The number of hydrogen-bond acceptors (Lipinski definition) is 3. The van der Waals surface area contributed by atoms with Crippen molar-refractivity contribution in [2.45, 2.75) is 12.4 Å². The third-order valence-corrected chi connectivity index (χ3v) is 18.0. The number of para-hydroxylation sites is 3. The van der Waals surface area contributed by atoms with E-state index in [1.165, 1.54) is 6.07 Å². The molecule has 92 heavy (non-hydrogen) atoms. The molecule has 16 rings (SSSR count). The topological polar surface area (TPSA) is 35.2 Å². The van der Waals surface area contributed by atoms with Crippen molar-refractivity contribution in [2.24, 2.45) is 0 Å². The Morgan fingerprint density at radius 2 is 0.728 bits per heavy atom. The molecule has 0 fully saturated rings. The molecule has 0 unspecified atom stereocenters. The SMILES string of the molecule is N#Cc1cc(C(F)(F)F)ccc1-c1cc(C(F)(F)F)ccc1-n1c2ccccc2c2cc(-c3cc4c5c(c3)N(c3cc(-c6ccccc6)cc(-c6ccccc6)c3)c3ccccc3B5c3ccccc3N4c3cc(-c4ccccc4)cc(-c4ccccc4)c3)ccc21. The van der Waals surface area contributed by atoms with Crippen molar-refractivity contribution >= 4 is 79.0 Å². The maximum atomic E-state index is 14.8. The van der Waals surface area contributed by atoms with Gasteiger partial charge < -0.3 is 14.4 Å². The van der Waals surface area contributed by atoms with E-state index in [9.17, 15) is 31.6 Å². The Balaban J connectivity index is 0.979. The molecule has 0 N–H and O–H groups in total. The Kier molecular flexibility index (Phi) is 13.2. The minimum absolute atomic E-state index is 0.0561. The van der Waals surface area contributed by atoms with E-state index in [4.69, 9.17) is 0 Å². The highest BCUT2D eigenvalue weighted by atomic mass is 19.4. The first kappa shape index (κ1) is 55.7. The van der Waals surface area contributed by atoms with Crippen LogP contribution in [0.3, 0.4) is 0 Å². The van der Waals surface area contributed by atoms with Crippen molar-refractivity contribution in [2.75, 3.05) is 9.80 Å². The number of rotatable bonds is 9. The zero-order valence-corrected chi connectivity index (χ0v) is 48.9. The molecule has 0 radical (unpaired) electrons. The predicted octanol–water partition coefficient (Wildman–Crippen LogP) is 20.8. The smallest absolute Gasteiger partial charge is 0.311 e. The van der Waals surface area contributed by atoms with Crippen LogP contribution in [0.4, 0.5) is 60.5 Å². The summed E-state index contributed by atoms with van der Waals surface area (Å²) in [6.45, 7) is -0.213. The van der Waals surface area contributed by atoms with Crippen LogP contribution in [0.1, 0.15) is 16.7 Å². The molecule has 2 aliphatic heterocycles. The van der Waals surface area contributed by atoms with E-state index in [2.05, 4.69) is 210 Å². The fourth-order valence-corrected chi connectivity index (χ4v) is 13.9. The zero-order chi connectivity index (χ0) is 62.4. The van der Waals surface area contributed by atoms with Crippen molar-refractivity contribution in [1.29, 1.82) is 5.26 Å². The highest BCUT2D eigenvalue weighted by Gasteiger charge is 2.44. The molecule has 1 aromatic heterocycles. The number of fused-ring (bicyclic) bond motifs is 7. The number of halogens is 6. The maximum Gasteiger partial charge on any atom is 0.416 e. The van der Waals surface area contributed by atoms with Gasteiger partial charge in [-0.15, -0.1) is 0 Å². The molecule has 4 nitrogen and oxygen atoms in total. The fraction of sp³-hybridized carbons (Fsp3) is 0.0247. The van der Waals surface area contributed by atoms with Gasteiger partial charge in [0.25, 0.3) is 6.71 Å². The average molecular weight is 1200 g/mol. The van der Waals surface area contributed by atoms with Crippen molar-refractivity contribution in [3.63, 3.8) is 0 Å². The Labute approximate surface area is 527 Å². The normalized spacial score (nSPS) is 12.6. The number of benzene rings is 13. The second kappa shape index (κ2) is 21.9. The molecule has 438 valence electrons. The second-order valence-electron chi connectivity index (χ2n) is 23.3. The molecule has 0 spiro atoms. The quantitative estimate of drug-likeness (QED) is 0.107. The lowest BCUT2D eigenvalue weighted by Gasteiger charge is -2.44. The molecule has 0 bridgehead atoms. The number of alkyl halides is 6. The monoisotopic (exact) mass is 1200 g/mol. The first-order chi connectivity index (χ1) is 44.8. The summed E-state index contributed by atoms with van der Waals surface area (Å²) in [5.74, 6) is 0. The van der Waals surface area contributed by atoms with Gasteiger partial charge in [0.05, 0.1) is 39.5 Å². The average Bonchev–Trinajstić information content (AvgIpc) is 0.780. The molecule has 0 aliphatic carbocycles. The van der Waals surface area contributed by atoms with Gasteiger partial charge in [0.1, 0.15) is 0 Å². The molecule has 11 heteroatoms. The summed E-state index contributed by atoms with van der Waals surface area (Å²) in [5.41, 5.74) is 18.4. The summed E-state index contributed by atoms with van der Waals surface area (Å²) in [4.78, 5) is 4.84. The van der Waals surface area contributed by atoms with Crippen molar-refractivity contribution in [3.8, 4) is 78.5 Å². The van der Waals surface area contributed by atoms with Gasteiger partial charge >= 0.3 is 12.4 Å². The van der Waals surface area contributed by atoms with Crippen LogP contribution in [0.25, 0.3) is 94.3 Å². The van der Waals surface area contributed by atoms with Gasteiger partial charge in [0, 0.05) is 56.0 Å². The van der Waals surface area contributed by atoms with Crippen LogP contribution in [0.5, 0.6) is 0 Å².